The minimum atomic E-state index is 0. The molecule has 1 aromatic heterocycles. The van der Waals surface area contributed by atoms with E-state index in [1.807, 2.05) is 6.07 Å². The van der Waals surface area contributed by atoms with Crippen molar-refractivity contribution in [2.45, 2.75) is 12.5 Å². The molecule has 5 heteroatoms. The standard InChI is InChI=1S/C8H8Cl2N2.ClH/c9-7-2-1-5(8(10)12-7)6-3-4-11-6;/h1-2,6,11H,3-4H2;1H/t6-;/m0./s1. The molecular weight excluding hydrogens is 230 g/mol. The van der Waals surface area contributed by atoms with Crippen LogP contribution >= 0.6 is 35.6 Å². The van der Waals surface area contributed by atoms with Crippen molar-refractivity contribution in [1.29, 1.82) is 0 Å². The van der Waals surface area contributed by atoms with Crippen LogP contribution in [0.3, 0.4) is 0 Å². The fraction of sp³-hybridized carbons (Fsp3) is 0.375. The topological polar surface area (TPSA) is 24.9 Å². The first-order valence-corrected chi connectivity index (χ1v) is 4.58. The molecule has 1 fully saturated rings. The molecule has 1 aliphatic rings. The van der Waals surface area contributed by atoms with Crippen LogP contribution in [-0.4, -0.2) is 11.5 Å². The number of nitrogens with one attached hydrogen (secondary N) is 1. The molecule has 1 atom stereocenters. The summed E-state index contributed by atoms with van der Waals surface area (Å²) in [4.78, 5) is 3.97. The second kappa shape index (κ2) is 4.47. The van der Waals surface area contributed by atoms with Crippen molar-refractivity contribution in [2.24, 2.45) is 0 Å². The minimum absolute atomic E-state index is 0. The van der Waals surface area contributed by atoms with Gasteiger partial charge in [0.05, 0.1) is 0 Å². The van der Waals surface area contributed by atoms with Crippen LogP contribution in [0.2, 0.25) is 10.3 Å². The van der Waals surface area contributed by atoms with E-state index >= 15 is 0 Å². The molecule has 2 heterocycles. The highest BCUT2D eigenvalue weighted by Gasteiger charge is 2.21. The fourth-order valence-corrected chi connectivity index (χ4v) is 1.71. The highest BCUT2D eigenvalue weighted by Crippen LogP contribution is 2.28. The first kappa shape index (κ1) is 11.1. The van der Waals surface area contributed by atoms with Gasteiger partial charge in [-0.2, -0.15) is 0 Å². The zero-order chi connectivity index (χ0) is 8.55. The van der Waals surface area contributed by atoms with E-state index in [0.29, 0.717) is 16.3 Å². The van der Waals surface area contributed by atoms with Crippen LogP contribution in [0, 0.1) is 0 Å². The second-order valence-corrected chi connectivity index (χ2v) is 3.55. The first-order valence-electron chi connectivity index (χ1n) is 3.83. The van der Waals surface area contributed by atoms with Crippen LogP contribution < -0.4 is 5.32 Å². The Kier molecular flexibility index (Phi) is 3.80. The molecule has 1 aliphatic heterocycles. The SMILES string of the molecule is Cl.Clc1ccc([C@@H]2CCN2)c(Cl)n1. The molecular formula is C8H9Cl3N2. The van der Waals surface area contributed by atoms with E-state index in [2.05, 4.69) is 10.3 Å². The number of pyridine rings is 1. The molecule has 0 unspecified atom stereocenters. The van der Waals surface area contributed by atoms with Gasteiger partial charge in [0, 0.05) is 11.6 Å². The third kappa shape index (κ3) is 2.26. The van der Waals surface area contributed by atoms with E-state index in [0.717, 1.165) is 18.5 Å². The van der Waals surface area contributed by atoms with Crippen LogP contribution in [0.5, 0.6) is 0 Å². The summed E-state index contributed by atoms with van der Waals surface area (Å²) in [5.41, 5.74) is 1.05. The molecule has 1 saturated heterocycles. The minimum Gasteiger partial charge on any atom is -0.310 e. The molecule has 0 aromatic carbocycles. The number of hydrogen-bond donors (Lipinski definition) is 1. The highest BCUT2D eigenvalue weighted by atomic mass is 35.5. The molecule has 0 amide bonds. The van der Waals surface area contributed by atoms with Crippen molar-refractivity contribution in [1.82, 2.24) is 10.3 Å². The monoisotopic (exact) mass is 238 g/mol. The predicted molar refractivity (Wildman–Crippen MR) is 56.9 cm³/mol. The summed E-state index contributed by atoms with van der Waals surface area (Å²) in [5.74, 6) is 0. The summed E-state index contributed by atoms with van der Waals surface area (Å²) < 4.78 is 0. The summed E-state index contributed by atoms with van der Waals surface area (Å²) >= 11 is 11.6. The lowest BCUT2D eigenvalue weighted by Gasteiger charge is -2.28. The van der Waals surface area contributed by atoms with Gasteiger partial charge in [-0.3, -0.25) is 0 Å². The summed E-state index contributed by atoms with van der Waals surface area (Å²) in [6.45, 7) is 1.06. The van der Waals surface area contributed by atoms with Crippen LogP contribution in [0.4, 0.5) is 0 Å². The number of hydrogen-bond acceptors (Lipinski definition) is 2. The van der Waals surface area contributed by atoms with E-state index in [-0.39, 0.29) is 12.4 Å². The van der Waals surface area contributed by atoms with Crippen molar-refractivity contribution in [3.05, 3.63) is 28.0 Å². The number of aromatic nitrogens is 1. The maximum absolute atomic E-state index is 5.90. The molecule has 1 aromatic rings. The Morgan fingerprint density at radius 2 is 2.08 bits per heavy atom. The molecule has 2 nitrogen and oxygen atoms in total. The van der Waals surface area contributed by atoms with E-state index in [4.69, 9.17) is 23.2 Å². The second-order valence-electron chi connectivity index (χ2n) is 2.81. The third-order valence-electron chi connectivity index (χ3n) is 2.04. The van der Waals surface area contributed by atoms with E-state index in [1.165, 1.54) is 0 Å². The Morgan fingerprint density at radius 1 is 1.38 bits per heavy atom. The molecule has 13 heavy (non-hydrogen) atoms. The van der Waals surface area contributed by atoms with E-state index < -0.39 is 0 Å². The third-order valence-corrected chi connectivity index (χ3v) is 2.56. The van der Waals surface area contributed by atoms with Crippen molar-refractivity contribution in [3.63, 3.8) is 0 Å². The molecule has 0 spiro atoms. The van der Waals surface area contributed by atoms with Gasteiger partial charge in [0.25, 0.3) is 0 Å². The number of rotatable bonds is 1. The number of halogens is 3. The molecule has 72 valence electrons. The Balaban J connectivity index is 0.000000845. The molecule has 0 bridgehead atoms. The quantitative estimate of drug-likeness (QED) is 0.762. The maximum atomic E-state index is 5.90. The molecule has 2 rings (SSSR count). The maximum Gasteiger partial charge on any atom is 0.135 e. The van der Waals surface area contributed by atoms with Crippen LogP contribution in [0.25, 0.3) is 0 Å². The number of nitrogens with zero attached hydrogens (tertiary/aromatic N) is 1. The van der Waals surface area contributed by atoms with Gasteiger partial charge in [0.1, 0.15) is 10.3 Å². The van der Waals surface area contributed by atoms with Gasteiger partial charge >= 0.3 is 0 Å². The fourth-order valence-electron chi connectivity index (χ4n) is 1.24. The van der Waals surface area contributed by atoms with Crippen molar-refractivity contribution in [2.75, 3.05) is 6.54 Å². The van der Waals surface area contributed by atoms with E-state index in [1.54, 1.807) is 6.07 Å². The predicted octanol–water partition coefficient (Wildman–Crippen LogP) is 2.84. The van der Waals surface area contributed by atoms with Crippen molar-refractivity contribution >= 4 is 35.6 Å². The normalized spacial score (nSPS) is 20.3. The Labute approximate surface area is 93.0 Å². The van der Waals surface area contributed by atoms with Gasteiger partial charge in [-0.25, -0.2) is 4.98 Å². The average Bonchev–Trinajstić information content (AvgIpc) is 1.91. The lowest BCUT2D eigenvalue weighted by Crippen LogP contribution is -2.35. The largest absolute Gasteiger partial charge is 0.310 e. The summed E-state index contributed by atoms with van der Waals surface area (Å²) in [6.07, 6.45) is 1.13. The summed E-state index contributed by atoms with van der Waals surface area (Å²) in [5, 5.41) is 4.22. The van der Waals surface area contributed by atoms with Crippen LogP contribution in [0.1, 0.15) is 18.0 Å². The Hall–Kier alpha value is -0.0200. The van der Waals surface area contributed by atoms with Crippen molar-refractivity contribution < 1.29 is 0 Å². The average molecular weight is 240 g/mol. The highest BCUT2D eigenvalue weighted by molar-refractivity contribution is 6.32. The molecule has 0 radical (unpaired) electrons. The zero-order valence-corrected chi connectivity index (χ0v) is 9.09. The zero-order valence-electron chi connectivity index (χ0n) is 6.76. The lowest BCUT2D eigenvalue weighted by atomic mass is 10.00. The Bertz CT molecular complexity index is 299. The molecule has 0 saturated carbocycles. The summed E-state index contributed by atoms with van der Waals surface area (Å²) in [6, 6.07) is 4.07. The molecule has 1 N–H and O–H groups in total. The molecule has 0 aliphatic carbocycles. The lowest BCUT2D eigenvalue weighted by molar-refractivity contribution is 0.382. The van der Waals surface area contributed by atoms with Crippen molar-refractivity contribution in [3.8, 4) is 0 Å². The van der Waals surface area contributed by atoms with Gasteiger partial charge < -0.3 is 5.32 Å². The van der Waals surface area contributed by atoms with Gasteiger partial charge in [-0.1, -0.05) is 29.3 Å². The van der Waals surface area contributed by atoms with Gasteiger partial charge in [0.15, 0.2) is 0 Å². The Morgan fingerprint density at radius 3 is 2.54 bits per heavy atom. The van der Waals surface area contributed by atoms with Gasteiger partial charge in [-0.15, -0.1) is 12.4 Å². The van der Waals surface area contributed by atoms with E-state index in [9.17, 15) is 0 Å². The summed E-state index contributed by atoms with van der Waals surface area (Å²) in [7, 11) is 0. The van der Waals surface area contributed by atoms with Crippen LogP contribution in [0.15, 0.2) is 12.1 Å². The first-order chi connectivity index (χ1) is 5.77. The van der Waals surface area contributed by atoms with Crippen LogP contribution in [-0.2, 0) is 0 Å². The van der Waals surface area contributed by atoms with Gasteiger partial charge in [-0.05, 0) is 19.0 Å². The smallest absolute Gasteiger partial charge is 0.135 e. The van der Waals surface area contributed by atoms with Gasteiger partial charge in [0.2, 0.25) is 0 Å².